The lowest BCUT2D eigenvalue weighted by Gasteiger charge is -2.32. The number of benzene rings is 1. The third kappa shape index (κ3) is 3.74. The summed E-state index contributed by atoms with van der Waals surface area (Å²) in [6.45, 7) is 1.68. The summed E-state index contributed by atoms with van der Waals surface area (Å²) in [5.74, 6) is 0.322. The van der Waals surface area contributed by atoms with Crippen molar-refractivity contribution in [1.82, 2.24) is 4.98 Å². The molecule has 1 unspecified atom stereocenters. The Bertz CT molecular complexity index is 810. The molecule has 1 aromatic carbocycles. The van der Waals surface area contributed by atoms with E-state index in [1.54, 1.807) is 24.3 Å². The number of hydrogen-bond acceptors (Lipinski definition) is 5. The van der Waals surface area contributed by atoms with Crippen molar-refractivity contribution in [1.29, 1.82) is 0 Å². The van der Waals surface area contributed by atoms with E-state index < -0.39 is 6.10 Å². The van der Waals surface area contributed by atoms with Gasteiger partial charge in [0.05, 0.1) is 0 Å². The van der Waals surface area contributed by atoms with Crippen molar-refractivity contribution in [2.24, 2.45) is 0 Å². The van der Waals surface area contributed by atoms with Crippen LogP contribution in [0.5, 0.6) is 5.75 Å². The van der Waals surface area contributed by atoms with Crippen molar-refractivity contribution in [2.75, 3.05) is 22.5 Å². The lowest BCUT2D eigenvalue weighted by atomic mass is 10.2. The van der Waals surface area contributed by atoms with E-state index in [4.69, 9.17) is 10.5 Å². The SMILES string of the molecule is CCC1Oc2ccc(N)nc2N(CC(=O)Nc2ccc(Br)cc2)C1=O. The average molecular weight is 405 g/mol. The number of carbonyl (C=O) groups excluding carboxylic acids is 2. The van der Waals surface area contributed by atoms with Gasteiger partial charge in [-0.1, -0.05) is 22.9 Å². The van der Waals surface area contributed by atoms with Gasteiger partial charge < -0.3 is 15.8 Å². The van der Waals surface area contributed by atoms with Crippen molar-refractivity contribution >= 4 is 45.1 Å². The summed E-state index contributed by atoms with van der Waals surface area (Å²) < 4.78 is 6.56. The van der Waals surface area contributed by atoms with Crippen LogP contribution in [0.1, 0.15) is 13.3 Å². The normalized spacial score (nSPS) is 16.2. The second-order valence-corrected chi connectivity index (χ2v) is 6.47. The molecule has 7 nitrogen and oxygen atoms in total. The van der Waals surface area contributed by atoms with E-state index in [1.807, 2.05) is 19.1 Å². The van der Waals surface area contributed by atoms with E-state index in [0.29, 0.717) is 17.9 Å². The van der Waals surface area contributed by atoms with Gasteiger partial charge in [-0.25, -0.2) is 4.98 Å². The highest BCUT2D eigenvalue weighted by Gasteiger charge is 2.35. The number of ether oxygens (including phenoxy) is 1. The largest absolute Gasteiger partial charge is 0.477 e. The summed E-state index contributed by atoms with van der Waals surface area (Å²) in [4.78, 5) is 30.5. The van der Waals surface area contributed by atoms with Crippen LogP contribution in [0.15, 0.2) is 40.9 Å². The van der Waals surface area contributed by atoms with E-state index in [9.17, 15) is 9.59 Å². The number of nitrogens with zero attached hydrogens (tertiary/aromatic N) is 2. The molecule has 0 fully saturated rings. The molecule has 0 saturated heterocycles. The van der Waals surface area contributed by atoms with Crippen molar-refractivity contribution in [2.45, 2.75) is 19.4 Å². The van der Waals surface area contributed by atoms with E-state index in [0.717, 1.165) is 4.47 Å². The van der Waals surface area contributed by atoms with Crippen LogP contribution in [0.3, 0.4) is 0 Å². The van der Waals surface area contributed by atoms with Crippen molar-refractivity contribution in [3.8, 4) is 5.75 Å². The topological polar surface area (TPSA) is 97.6 Å². The lowest BCUT2D eigenvalue weighted by Crippen LogP contribution is -2.49. The molecule has 0 aliphatic carbocycles. The van der Waals surface area contributed by atoms with Crippen LogP contribution in [0, 0.1) is 0 Å². The number of aromatic nitrogens is 1. The fourth-order valence-corrected chi connectivity index (χ4v) is 2.77. The zero-order valence-corrected chi connectivity index (χ0v) is 15.1. The average Bonchev–Trinajstić information content (AvgIpc) is 2.59. The molecule has 1 atom stereocenters. The number of halogens is 1. The Morgan fingerprint density at radius 2 is 2.04 bits per heavy atom. The minimum absolute atomic E-state index is 0.168. The Labute approximate surface area is 153 Å². The molecule has 1 aromatic heterocycles. The molecule has 2 heterocycles. The number of nitrogens with one attached hydrogen (secondary N) is 1. The van der Waals surface area contributed by atoms with Crippen molar-refractivity contribution in [3.05, 3.63) is 40.9 Å². The third-order valence-corrected chi connectivity index (χ3v) is 4.26. The van der Waals surface area contributed by atoms with Gasteiger partial charge in [0, 0.05) is 10.2 Å². The maximum atomic E-state index is 12.6. The molecule has 2 aromatic rings. The zero-order valence-electron chi connectivity index (χ0n) is 13.5. The van der Waals surface area contributed by atoms with E-state index in [2.05, 4.69) is 26.2 Å². The number of fused-ring (bicyclic) bond motifs is 1. The maximum Gasteiger partial charge on any atom is 0.269 e. The Balaban J connectivity index is 1.82. The number of amides is 2. The van der Waals surface area contributed by atoms with Gasteiger partial charge in [-0.3, -0.25) is 14.5 Å². The van der Waals surface area contributed by atoms with Crippen LogP contribution in [-0.4, -0.2) is 29.4 Å². The van der Waals surface area contributed by atoms with Gasteiger partial charge in [-0.05, 0) is 42.8 Å². The van der Waals surface area contributed by atoms with Gasteiger partial charge in [0.15, 0.2) is 17.7 Å². The van der Waals surface area contributed by atoms with Crippen LogP contribution in [0.25, 0.3) is 0 Å². The number of pyridine rings is 1. The molecule has 1 aliphatic heterocycles. The van der Waals surface area contributed by atoms with Gasteiger partial charge >= 0.3 is 0 Å². The van der Waals surface area contributed by atoms with Crippen LogP contribution in [0.4, 0.5) is 17.3 Å². The number of nitrogens with two attached hydrogens (primary N) is 1. The monoisotopic (exact) mass is 404 g/mol. The van der Waals surface area contributed by atoms with Crippen molar-refractivity contribution in [3.63, 3.8) is 0 Å². The minimum atomic E-state index is -0.640. The Kier molecular flexibility index (Phi) is 4.89. The fourth-order valence-electron chi connectivity index (χ4n) is 2.51. The molecule has 8 heteroatoms. The summed E-state index contributed by atoms with van der Waals surface area (Å²) in [6.07, 6.45) is -0.147. The van der Waals surface area contributed by atoms with Gasteiger partial charge in [0.25, 0.3) is 5.91 Å². The van der Waals surface area contributed by atoms with E-state index in [-0.39, 0.29) is 30.0 Å². The maximum absolute atomic E-state index is 12.6. The number of carbonyl (C=O) groups is 2. The number of nitrogen functional groups attached to an aromatic ring is 1. The second-order valence-electron chi connectivity index (χ2n) is 5.55. The molecule has 0 bridgehead atoms. The van der Waals surface area contributed by atoms with Crippen LogP contribution in [0.2, 0.25) is 0 Å². The highest BCUT2D eigenvalue weighted by molar-refractivity contribution is 9.10. The fraction of sp³-hybridized carbons (Fsp3) is 0.235. The third-order valence-electron chi connectivity index (χ3n) is 3.73. The molecule has 1 aliphatic rings. The van der Waals surface area contributed by atoms with Gasteiger partial charge in [0.2, 0.25) is 5.91 Å². The molecular formula is C17H17BrN4O3. The minimum Gasteiger partial charge on any atom is -0.477 e. The highest BCUT2D eigenvalue weighted by atomic mass is 79.9. The molecule has 0 spiro atoms. The van der Waals surface area contributed by atoms with Crippen LogP contribution >= 0.6 is 15.9 Å². The second kappa shape index (κ2) is 7.10. The first-order chi connectivity index (χ1) is 12.0. The zero-order chi connectivity index (χ0) is 18.0. The Morgan fingerprint density at radius 1 is 1.32 bits per heavy atom. The molecule has 0 saturated carbocycles. The molecule has 130 valence electrons. The van der Waals surface area contributed by atoms with Gasteiger partial charge in [-0.15, -0.1) is 0 Å². The summed E-state index contributed by atoms with van der Waals surface area (Å²) in [6, 6.07) is 10.4. The molecular weight excluding hydrogens is 388 g/mol. The van der Waals surface area contributed by atoms with E-state index >= 15 is 0 Å². The Hall–Kier alpha value is -2.61. The molecule has 3 rings (SSSR count). The lowest BCUT2D eigenvalue weighted by molar-refractivity contribution is -0.128. The smallest absolute Gasteiger partial charge is 0.269 e. The van der Waals surface area contributed by atoms with Crippen LogP contribution in [-0.2, 0) is 9.59 Å². The molecule has 2 amide bonds. The first-order valence-electron chi connectivity index (χ1n) is 7.78. The summed E-state index contributed by atoms with van der Waals surface area (Å²) in [5.41, 5.74) is 6.36. The predicted molar refractivity (Wildman–Crippen MR) is 98.5 cm³/mol. The summed E-state index contributed by atoms with van der Waals surface area (Å²) in [5, 5.41) is 2.76. The van der Waals surface area contributed by atoms with Crippen LogP contribution < -0.4 is 20.7 Å². The number of rotatable bonds is 4. The summed E-state index contributed by atoms with van der Waals surface area (Å²) >= 11 is 3.34. The highest BCUT2D eigenvalue weighted by Crippen LogP contribution is 2.33. The van der Waals surface area contributed by atoms with E-state index in [1.165, 1.54) is 4.90 Å². The number of anilines is 3. The van der Waals surface area contributed by atoms with Gasteiger partial charge in [0.1, 0.15) is 12.4 Å². The molecule has 25 heavy (non-hydrogen) atoms. The standard InChI is InChI=1S/C17H17BrN4O3/c1-2-12-17(24)22(16-13(25-12)7-8-14(19)21-16)9-15(23)20-11-5-3-10(18)4-6-11/h3-8,12H,2,9H2,1H3,(H2,19,21)(H,20,23). The summed E-state index contributed by atoms with van der Waals surface area (Å²) in [7, 11) is 0. The van der Waals surface area contributed by atoms with Crippen molar-refractivity contribution < 1.29 is 14.3 Å². The quantitative estimate of drug-likeness (QED) is 0.815. The first kappa shape index (κ1) is 17.2. The van der Waals surface area contributed by atoms with Gasteiger partial charge in [-0.2, -0.15) is 0 Å². The predicted octanol–water partition coefficient (Wildman–Crippen LogP) is 2.57. The Morgan fingerprint density at radius 3 is 2.72 bits per heavy atom. The number of hydrogen-bond donors (Lipinski definition) is 2. The molecule has 0 radical (unpaired) electrons. The molecule has 3 N–H and O–H groups in total. The first-order valence-corrected chi connectivity index (χ1v) is 8.57.